The minimum absolute atomic E-state index is 0. The van der Waals surface area contributed by atoms with Crippen LogP contribution in [0.4, 0.5) is 0 Å². The SMILES string of the molecule is [CH]1[CH][CH][CH][CH]1.[CH]1[CH][CH][CH][CH]1.[S-]Cc1ccccc1.[S-]Cc1ccccc1.[Zr+4]. The van der Waals surface area contributed by atoms with Gasteiger partial charge in [-0.25, -0.2) is 0 Å². The summed E-state index contributed by atoms with van der Waals surface area (Å²) < 4.78 is 0. The van der Waals surface area contributed by atoms with Gasteiger partial charge < -0.3 is 25.3 Å². The first-order valence-corrected chi connectivity index (χ1v) is 9.59. The molecule has 0 aromatic heterocycles. The van der Waals surface area contributed by atoms with Gasteiger partial charge in [0.25, 0.3) is 0 Å². The Morgan fingerprint density at radius 2 is 0.630 bits per heavy atom. The number of rotatable bonds is 2. The van der Waals surface area contributed by atoms with E-state index in [4.69, 9.17) is 25.3 Å². The normalized spacial score (nSPS) is 14.3. The van der Waals surface area contributed by atoms with Crippen LogP contribution in [-0.2, 0) is 63.0 Å². The predicted molar refractivity (Wildman–Crippen MR) is 118 cm³/mol. The second-order valence-electron chi connectivity index (χ2n) is 5.18. The predicted octanol–water partition coefficient (Wildman–Crippen LogP) is 5.51. The molecule has 0 aliphatic heterocycles. The molecular weight excluding hydrogens is 444 g/mol. The number of hydrogen-bond donors (Lipinski definition) is 0. The van der Waals surface area contributed by atoms with Crippen molar-refractivity contribution in [2.75, 3.05) is 0 Å². The van der Waals surface area contributed by atoms with E-state index in [-0.39, 0.29) is 26.2 Å². The van der Waals surface area contributed by atoms with E-state index in [0.717, 1.165) is 11.5 Å². The van der Waals surface area contributed by atoms with Crippen LogP contribution in [0.3, 0.4) is 0 Å². The summed E-state index contributed by atoms with van der Waals surface area (Å²) in [7, 11) is 0. The summed E-state index contributed by atoms with van der Waals surface area (Å²) in [5.41, 5.74) is 2.45. The second kappa shape index (κ2) is 20.7. The molecule has 0 heterocycles. The fourth-order valence-corrected chi connectivity index (χ4v) is 2.17. The third-order valence-electron chi connectivity index (χ3n) is 3.13. The summed E-state index contributed by atoms with van der Waals surface area (Å²) in [4.78, 5) is 0. The Balaban J connectivity index is 0.000000337. The van der Waals surface area contributed by atoms with Crippen LogP contribution in [-0.4, -0.2) is 0 Å². The van der Waals surface area contributed by atoms with E-state index in [1.54, 1.807) is 0 Å². The number of hydrogen-bond acceptors (Lipinski definition) is 2. The molecule has 10 radical (unpaired) electrons. The summed E-state index contributed by atoms with van der Waals surface area (Å²) in [5.74, 6) is 1.45. The zero-order valence-electron chi connectivity index (χ0n) is 15.3. The summed E-state index contributed by atoms with van der Waals surface area (Å²) in [5, 5.41) is 0. The van der Waals surface area contributed by atoms with Crippen LogP contribution in [0, 0.1) is 64.2 Å². The summed E-state index contributed by atoms with van der Waals surface area (Å²) in [6, 6.07) is 20.1. The molecule has 2 fully saturated rings. The Morgan fingerprint density at radius 3 is 0.778 bits per heavy atom. The van der Waals surface area contributed by atoms with E-state index in [2.05, 4.69) is 0 Å². The van der Waals surface area contributed by atoms with Crippen LogP contribution >= 0.6 is 0 Å². The standard InChI is InChI=1S/2C7H8S.2C5H5.Zr/c2*8-6-7-4-2-1-3-5-7;2*1-2-4-5-3-1;/h2*1-5,8H,6H2;2*1-5H;/q;;;;+4/p-2. The van der Waals surface area contributed by atoms with E-state index < -0.39 is 0 Å². The molecule has 2 aromatic rings. The average molecular weight is 468 g/mol. The molecule has 27 heavy (non-hydrogen) atoms. The van der Waals surface area contributed by atoms with E-state index in [1.165, 1.54) is 11.1 Å². The van der Waals surface area contributed by atoms with Gasteiger partial charge in [-0.05, 0) is 64.2 Å². The van der Waals surface area contributed by atoms with Crippen molar-refractivity contribution in [2.24, 2.45) is 0 Å². The van der Waals surface area contributed by atoms with Crippen molar-refractivity contribution in [2.45, 2.75) is 11.5 Å². The molecule has 2 aromatic carbocycles. The van der Waals surface area contributed by atoms with E-state index in [0.29, 0.717) is 0 Å². The molecule has 0 amide bonds. The molecule has 134 valence electrons. The molecule has 0 nitrogen and oxygen atoms in total. The maximum atomic E-state index is 4.82. The van der Waals surface area contributed by atoms with Gasteiger partial charge in [0.2, 0.25) is 0 Å². The molecule has 4 rings (SSSR count). The van der Waals surface area contributed by atoms with E-state index in [9.17, 15) is 0 Å². The summed E-state index contributed by atoms with van der Waals surface area (Å²) >= 11 is 9.64. The van der Waals surface area contributed by atoms with Gasteiger partial charge in [0, 0.05) is 0 Å². The van der Waals surface area contributed by atoms with E-state index in [1.807, 2.05) is 125 Å². The molecule has 2 aliphatic carbocycles. The first-order valence-electron chi connectivity index (χ1n) is 8.44. The average Bonchev–Trinajstić information content (AvgIpc) is 3.48. The first-order chi connectivity index (χ1) is 12.9. The van der Waals surface area contributed by atoms with Gasteiger partial charge in [-0.3, -0.25) is 0 Å². The maximum Gasteiger partial charge on any atom is 4.00 e. The Kier molecular flexibility index (Phi) is 20.8. The van der Waals surface area contributed by atoms with Gasteiger partial charge in [0.1, 0.15) is 0 Å². The third-order valence-corrected chi connectivity index (χ3v) is 3.80. The van der Waals surface area contributed by atoms with Crippen molar-refractivity contribution in [1.82, 2.24) is 0 Å². The Bertz CT molecular complexity index is 444. The van der Waals surface area contributed by atoms with Crippen LogP contribution in [0.25, 0.3) is 0 Å². The van der Waals surface area contributed by atoms with Crippen LogP contribution in [0.2, 0.25) is 0 Å². The minimum Gasteiger partial charge on any atom is -0.788 e. The van der Waals surface area contributed by atoms with Gasteiger partial charge in [0.15, 0.2) is 0 Å². The van der Waals surface area contributed by atoms with Crippen molar-refractivity contribution in [1.29, 1.82) is 0 Å². The van der Waals surface area contributed by atoms with Crippen molar-refractivity contribution in [3.63, 3.8) is 0 Å². The summed E-state index contributed by atoms with van der Waals surface area (Å²) in [6.07, 6.45) is 20.0. The Labute approximate surface area is 197 Å². The number of benzene rings is 2. The van der Waals surface area contributed by atoms with Crippen LogP contribution in [0.1, 0.15) is 11.1 Å². The fourth-order valence-electron chi connectivity index (χ4n) is 1.79. The monoisotopic (exact) mass is 466 g/mol. The minimum atomic E-state index is 0. The Morgan fingerprint density at radius 1 is 0.407 bits per heavy atom. The first kappa shape index (κ1) is 27.0. The smallest absolute Gasteiger partial charge is 0.788 e. The molecule has 0 N–H and O–H groups in total. The van der Waals surface area contributed by atoms with E-state index >= 15 is 0 Å². The molecular formula is C24H24S2Zr+2. The van der Waals surface area contributed by atoms with Crippen molar-refractivity contribution in [3.05, 3.63) is 136 Å². The van der Waals surface area contributed by atoms with Gasteiger partial charge >= 0.3 is 26.2 Å². The topological polar surface area (TPSA) is 0 Å². The molecule has 0 spiro atoms. The fraction of sp³-hybridized carbons (Fsp3) is 0.0833. The molecule has 0 saturated heterocycles. The molecule has 0 atom stereocenters. The van der Waals surface area contributed by atoms with Gasteiger partial charge in [-0.1, -0.05) is 71.8 Å². The molecule has 0 unspecified atom stereocenters. The van der Waals surface area contributed by atoms with Crippen molar-refractivity contribution < 1.29 is 26.2 Å². The van der Waals surface area contributed by atoms with Crippen LogP contribution in [0.15, 0.2) is 60.7 Å². The molecule has 3 heteroatoms. The third kappa shape index (κ3) is 16.7. The zero-order chi connectivity index (χ0) is 18.7. The van der Waals surface area contributed by atoms with Crippen molar-refractivity contribution in [3.8, 4) is 0 Å². The van der Waals surface area contributed by atoms with Crippen molar-refractivity contribution >= 4 is 25.3 Å². The maximum absolute atomic E-state index is 4.82. The van der Waals surface area contributed by atoms with Gasteiger partial charge in [-0.2, -0.15) is 11.5 Å². The zero-order valence-corrected chi connectivity index (χ0v) is 19.4. The molecule has 0 bridgehead atoms. The van der Waals surface area contributed by atoms with Gasteiger partial charge in [0.05, 0.1) is 0 Å². The van der Waals surface area contributed by atoms with Gasteiger partial charge in [-0.15, -0.1) is 0 Å². The summed E-state index contributed by atoms with van der Waals surface area (Å²) in [6.45, 7) is 0. The quantitative estimate of drug-likeness (QED) is 0.534. The Hall–Kier alpha value is 0.0231. The van der Waals surface area contributed by atoms with Crippen LogP contribution in [0.5, 0.6) is 0 Å². The largest absolute Gasteiger partial charge is 4.00 e. The van der Waals surface area contributed by atoms with Crippen LogP contribution < -0.4 is 0 Å². The molecule has 2 aliphatic rings. The molecule has 2 saturated carbocycles. The second-order valence-corrected chi connectivity index (χ2v) is 5.76.